The van der Waals surface area contributed by atoms with Gasteiger partial charge in [-0.05, 0) is 55.9 Å². The van der Waals surface area contributed by atoms with Crippen LogP contribution in [0.1, 0.15) is 63.8 Å². The Labute approximate surface area is 188 Å². The molecule has 0 saturated heterocycles. The topological polar surface area (TPSA) is 108 Å². The summed E-state index contributed by atoms with van der Waals surface area (Å²) in [4.78, 5) is 43.2. The van der Waals surface area contributed by atoms with E-state index in [-0.39, 0.29) is 12.0 Å². The monoisotopic (exact) mass is 456 g/mol. The molecule has 2 aromatic heterocycles. The maximum atomic E-state index is 13.0. The summed E-state index contributed by atoms with van der Waals surface area (Å²) < 4.78 is 15.7. The smallest absolute Gasteiger partial charge is 0.341 e. The number of anilines is 1. The van der Waals surface area contributed by atoms with Crippen molar-refractivity contribution in [3.63, 3.8) is 0 Å². The molecule has 1 aromatic carbocycles. The van der Waals surface area contributed by atoms with Gasteiger partial charge in [-0.2, -0.15) is 0 Å². The van der Waals surface area contributed by atoms with Crippen LogP contribution in [0, 0.1) is 0 Å². The van der Waals surface area contributed by atoms with Gasteiger partial charge in [0, 0.05) is 4.88 Å². The van der Waals surface area contributed by atoms with Crippen LogP contribution in [0.5, 0.6) is 0 Å². The highest BCUT2D eigenvalue weighted by molar-refractivity contribution is 7.17. The molecular formula is C23H24N2O6S. The summed E-state index contributed by atoms with van der Waals surface area (Å²) in [7, 11) is 1.33. The lowest BCUT2D eigenvalue weighted by molar-refractivity contribution is -0.124. The van der Waals surface area contributed by atoms with Gasteiger partial charge in [0.25, 0.3) is 5.91 Å². The van der Waals surface area contributed by atoms with Crippen LogP contribution in [0.2, 0.25) is 0 Å². The van der Waals surface area contributed by atoms with Gasteiger partial charge in [-0.1, -0.05) is 13.3 Å². The number of methoxy groups -OCH3 is 1. The molecule has 168 valence electrons. The van der Waals surface area contributed by atoms with Crippen LogP contribution in [-0.4, -0.2) is 36.0 Å². The van der Waals surface area contributed by atoms with Gasteiger partial charge in [0.1, 0.15) is 10.5 Å². The number of esters is 2. The van der Waals surface area contributed by atoms with Crippen LogP contribution in [0.15, 0.2) is 29.0 Å². The van der Waals surface area contributed by atoms with Gasteiger partial charge in [-0.25, -0.2) is 14.6 Å². The number of oxazole rings is 1. The number of nitrogens with one attached hydrogen (secondary N) is 1. The van der Waals surface area contributed by atoms with Gasteiger partial charge >= 0.3 is 11.9 Å². The average Bonchev–Trinajstić information content (AvgIpc) is 3.33. The second kappa shape index (κ2) is 9.52. The SMILES string of the molecule is CCC(OC(=O)c1ccc2ncoc2c1)C(=O)Nc1sc2c(c1C(=O)OC)CCCCC2. The normalized spacial score (nSPS) is 14.3. The number of carbonyl (C=O) groups is 3. The van der Waals surface area contributed by atoms with Crippen molar-refractivity contribution >= 4 is 45.3 Å². The molecule has 0 bridgehead atoms. The van der Waals surface area contributed by atoms with Gasteiger partial charge in [-0.3, -0.25) is 4.79 Å². The Hall–Kier alpha value is -3.20. The molecule has 1 aliphatic rings. The first-order chi connectivity index (χ1) is 15.5. The number of benzene rings is 1. The standard InChI is InChI=1S/C23H24N2O6S/c1-3-16(31-22(27)13-9-10-15-17(11-13)30-12-24-15)20(26)25-21-19(23(28)29-2)14-7-5-4-6-8-18(14)32-21/h9-12,16H,3-8H2,1-2H3,(H,25,26). The number of aromatic nitrogens is 1. The number of hydrogen-bond acceptors (Lipinski definition) is 8. The maximum Gasteiger partial charge on any atom is 0.341 e. The Morgan fingerprint density at radius 1 is 1.19 bits per heavy atom. The highest BCUT2D eigenvalue weighted by Crippen LogP contribution is 2.38. The zero-order valence-corrected chi connectivity index (χ0v) is 18.8. The molecule has 3 aromatic rings. The third-order valence-corrected chi connectivity index (χ3v) is 6.73. The quantitative estimate of drug-likeness (QED) is 0.429. The van der Waals surface area contributed by atoms with Crippen molar-refractivity contribution in [3.8, 4) is 0 Å². The average molecular weight is 457 g/mol. The third kappa shape index (κ3) is 4.38. The molecule has 1 N–H and O–H groups in total. The van der Waals surface area contributed by atoms with E-state index in [1.165, 1.54) is 30.9 Å². The second-order valence-electron chi connectivity index (χ2n) is 7.59. The van der Waals surface area contributed by atoms with Gasteiger partial charge in [0.05, 0.1) is 18.2 Å². The molecule has 9 heteroatoms. The van der Waals surface area contributed by atoms with Gasteiger partial charge in [0.15, 0.2) is 18.1 Å². The zero-order valence-electron chi connectivity index (χ0n) is 17.9. The van der Waals surface area contributed by atoms with Crippen molar-refractivity contribution in [1.82, 2.24) is 4.98 Å². The predicted molar refractivity (Wildman–Crippen MR) is 119 cm³/mol. The molecule has 32 heavy (non-hydrogen) atoms. The summed E-state index contributed by atoms with van der Waals surface area (Å²) in [5, 5.41) is 3.26. The Balaban J connectivity index is 1.52. The summed E-state index contributed by atoms with van der Waals surface area (Å²) >= 11 is 1.40. The second-order valence-corrected chi connectivity index (χ2v) is 8.69. The number of fused-ring (bicyclic) bond motifs is 2. The summed E-state index contributed by atoms with van der Waals surface area (Å²) in [5.41, 5.74) is 2.72. The van der Waals surface area contributed by atoms with Gasteiger partial charge in [0.2, 0.25) is 0 Å². The van der Waals surface area contributed by atoms with E-state index < -0.39 is 23.9 Å². The molecular weight excluding hydrogens is 432 g/mol. The van der Waals surface area contributed by atoms with Crippen LogP contribution >= 0.6 is 11.3 Å². The van der Waals surface area contributed by atoms with E-state index in [0.717, 1.165) is 42.5 Å². The number of hydrogen-bond donors (Lipinski definition) is 1. The van der Waals surface area contributed by atoms with Crippen molar-refractivity contribution in [1.29, 1.82) is 0 Å². The van der Waals surface area contributed by atoms with Crippen molar-refractivity contribution in [3.05, 3.63) is 46.2 Å². The Kier molecular flexibility index (Phi) is 6.55. The van der Waals surface area contributed by atoms with Crippen molar-refractivity contribution in [2.75, 3.05) is 12.4 Å². The molecule has 8 nitrogen and oxygen atoms in total. The number of nitrogens with zero attached hydrogens (tertiary/aromatic N) is 1. The predicted octanol–water partition coefficient (Wildman–Crippen LogP) is 4.52. The van der Waals surface area contributed by atoms with Crippen LogP contribution in [-0.2, 0) is 27.1 Å². The number of amides is 1. The molecule has 0 spiro atoms. The first-order valence-corrected chi connectivity index (χ1v) is 11.4. The van der Waals surface area contributed by atoms with E-state index in [1.807, 2.05) is 0 Å². The van der Waals surface area contributed by atoms with Crippen LogP contribution in [0.25, 0.3) is 11.1 Å². The molecule has 2 heterocycles. The Bertz CT molecular complexity index is 1160. The van der Waals surface area contributed by atoms with E-state index in [4.69, 9.17) is 13.9 Å². The number of ether oxygens (including phenoxy) is 2. The number of rotatable bonds is 6. The summed E-state index contributed by atoms with van der Waals surface area (Å²) in [6.45, 7) is 1.75. The van der Waals surface area contributed by atoms with Crippen LogP contribution < -0.4 is 5.32 Å². The minimum atomic E-state index is -1.01. The minimum Gasteiger partial charge on any atom is -0.465 e. The van der Waals surface area contributed by atoms with E-state index in [2.05, 4.69) is 10.3 Å². The highest BCUT2D eigenvalue weighted by Gasteiger charge is 2.29. The molecule has 0 radical (unpaired) electrons. The van der Waals surface area contributed by atoms with Crippen LogP contribution in [0.4, 0.5) is 5.00 Å². The van der Waals surface area contributed by atoms with Crippen molar-refractivity contribution < 1.29 is 28.3 Å². The fourth-order valence-electron chi connectivity index (χ4n) is 3.84. The molecule has 1 aliphatic carbocycles. The van der Waals surface area contributed by atoms with E-state index in [9.17, 15) is 14.4 Å². The van der Waals surface area contributed by atoms with E-state index in [1.54, 1.807) is 19.1 Å². The first kappa shape index (κ1) is 22.0. The number of thiophene rings is 1. The number of aryl methyl sites for hydroxylation is 1. The molecule has 0 aliphatic heterocycles. The van der Waals surface area contributed by atoms with E-state index in [0.29, 0.717) is 21.7 Å². The van der Waals surface area contributed by atoms with Crippen molar-refractivity contribution in [2.24, 2.45) is 0 Å². The molecule has 1 amide bonds. The minimum absolute atomic E-state index is 0.263. The number of carbonyl (C=O) groups excluding carboxylic acids is 3. The van der Waals surface area contributed by atoms with Crippen LogP contribution in [0.3, 0.4) is 0 Å². The van der Waals surface area contributed by atoms with E-state index >= 15 is 0 Å². The fourth-order valence-corrected chi connectivity index (χ4v) is 5.12. The maximum absolute atomic E-state index is 13.0. The zero-order chi connectivity index (χ0) is 22.7. The lowest BCUT2D eigenvalue weighted by atomic mass is 10.1. The lowest BCUT2D eigenvalue weighted by Gasteiger charge is -2.16. The summed E-state index contributed by atoms with van der Waals surface area (Å²) in [6.07, 6.45) is 5.36. The summed E-state index contributed by atoms with van der Waals surface area (Å²) in [6, 6.07) is 4.75. The first-order valence-electron chi connectivity index (χ1n) is 10.6. The fraction of sp³-hybridized carbons (Fsp3) is 0.391. The molecule has 1 unspecified atom stereocenters. The third-order valence-electron chi connectivity index (χ3n) is 5.53. The molecule has 1 atom stereocenters. The summed E-state index contributed by atoms with van der Waals surface area (Å²) in [5.74, 6) is -1.59. The lowest BCUT2D eigenvalue weighted by Crippen LogP contribution is -2.32. The largest absolute Gasteiger partial charge is 0.465 e. The molecule has 0 fully saturated rings. The van der Waals surface area contributed by atoms with Gasteiger partial charge in [-0.15, -0.1) is 11.3 Å². The van der Waals surface area contributed by atoms with Gasteiger partial charge < -0.3 is 19.2 Å². The molecule has 0 saturated carbocycles. The Morgan fingerprint density at radius 2 is 2.00 bits per heavy atom. The highest BCUT2D eigenvalue weighted by atomic mass is 32.1. The molecule has 4 rings (SSSR count). The van der Waals surface area contributed by atoms with Crippen molar-refractivity contribution in [2.45, 2.75) is 51.6 Å². The Morgan fingerprint density at radius 3 is 2.78 bits per heavy atom.